The van der Waals surface area contributed by atoms with Gasteiger partial charge in [-0.05, 0) is 25.0 Å². The van der Waals surface area contributed by atoms with E-state index < -0.39 is 10.1 Å². The molecule has 0 spiro atoms. The summed E-state index contributed by atoms with van der Waals surface area (Å²) in [6, 6.07) is 5.61. The minimum Gasteiger partial charge on any atom is -0.497 e. The van der Waals surface area contributed by atoms with Crippen LogP contribution < -0.4 is 9.64 Å². The summed E-state index contributed by atoms with van der Waals surface area (Å²) in [5, 5.41) is 9.92. The zero-order valence-corrected chi connectivity index (χ0v) is 18.8. The van der Waals surface area contributed by atoms with Crippen LogP contribution >= 0.6 is 35.7 Å². The molecule has 0 bridgehead atoms. The third-order valence-corrected chi connectivity index (χ3v) is 7.86. The molecule has 12 heteroatoms. The minimum atomic E-state index is -4.01. The van der Waals surface area contributed by atoms with Crippen molar-refractivity contribution in [3.63, 3.8) is 0 Å². The second-order valence-corrected chi connectivity index (χ2v) is 10.5. The second kappa shape index (κ2) is 9.23. The number of fused-ring (bicyclic) bond motifs is 1. The summed E-state index contributed by atoms with van der Waals surface area (Å²) < 4.78 is 36.6. The standard InChI is InChI=1S/C17H20N2O6S4/c1-25-11-4-5-13-12(10-11)18(6-2-3-9-29(22,23)24)16(27-13)14-15(21)19(7-8-20)17(26)28-14/h4-5,10,20H,2-3,6-9H2,1H3,(H,22,23,24)/b16-14+. The van der Waals surface area contributed by atoms with Crippen LogP contribution in [0.3, 0.4) is 0 Å². The van der Waals surface area contributed by atoms with Gasteiger partial charge in [0.1, 0.15) is 20.0 Å². The third-order valence-electron chi connectivity index (χ3n) is 4.31. The van der Waals surface area contributed by atoms with Crippen LogP contribution in [-0.2, 0) is 14.9 Å². The van der Waals surface area contributed by atoms with E-state index in [9.17, 15) is 18.3 Å². The Morgan fingerprint density at radius 3 is 2.59 bits per heavy atom. The number of rotatable bonds is 8. The number of β-amino-alcohol motifs (C(OH)–C–C–N with tert-alkyl or cyclic N) is 1. The third kappa shape index (κ3) is 5.06. The Labute approximate surface area is 183 Å². The van der Waals surface area contributed by atoms with E-state index in [1.165, 1.54) is 28.4 Å². The van der Waals surface area contributed by atoms with Gasteiger partial charge in [-0.3, -0.25) is 14.2 Å². The van der Waals surface area contributed by atoms with Gasteiger partial charge in [0.25, 0.3) is 16.0 Å². The minimum absolute atomic E-state index is 0.140. The Hall–Kier alpha value is -1.31. The molecule has 29 heavy (non-hydrogen) atoms. The quantitative estimate of drug-likeness (QED) is 0.251. The number of carbonyl (C=O) groups excluding carboxylic acids is 1. The lowest BCUT2D eigenvalue weighted by atomic mass is 10.2. The zero-order valence-electron chi connectivity index (χ0n) is 15.5. The van der Waals surface area contributed by atoms with Gasteiger partial charge in [-0.15, -0.1) is 0 Å². The second-order valence-electron chi connectivity index (χ2n) is 6.26. The molecule has 0 radical (unpaired) electrons. The molecule has 1 amide bonds. The van der Waals surface area contributed by atoms with Gasteiger partial charge < -0.3 is 14.7 Å². The highest BCUT2D eigenvalue weighted by Gasteiger charge is 2.38. The van der Waals surface area contributed by atoms with Crippen molar-refractivity contribution >= 4 is 61.8 Å². The normalized spacial score (nSPS) is 19.3. The first-order valence-electron chi connectivity index (χ1n) is 8.72. The topological polar surface area (TPSA) is 107 Å². The number of aliphatic hydroxyl groups excluding tert-OH is 1. The molecule has 8 nitrogen and oxygen atoms in total. The van der Waals surface area contributed by atoms with Crippen molar-refractivity contribution in [2.24, 2.45) is 0 Å². The number of ether oxygens (including phenoxy) is 1. The van der Waals surface area contributed by atoms with E-state index >= 15 is 0 Å². The van der Waals surface area contributed by atoms with E-state index in [1.807, 2.05) is 23.1 Å². The van der Waals surface area contributed by atoms with Crippen LogP contribution in [0.1, 0.15) is 12.8 Å². The van der Waals surface area contributed by atoms with E-state index in [0.29, 0.717) is 27.9 Å². The molecule has 0 aliphatic carbocycles. The highest BCUT2D eigenvalue weighted by molar-refractivity contribution is 8.27. The average Bonchev–Trinajstić information content (AvgIpc) is 3.16. The van der Waals surface area contributed by atoms with Crippen molar-refractivity contribution in [2.75, 3.05) is 37.5 Å². The molecule has 2 heterocycles. The van der Waals surface area contributed by atoms with Crippen molar-refractivity contribution in [2.45, 2.75) is 17.7 Å². The fraction of sp³-hybridized carbons (Fsp3) is 0.412. The van der Waals surface area contributed by atoms with Crippen molar-refractivity contribution in [3.8, 4) is 5.75 Å². The van der Waals surface area contributed by atoms with Gasteiger partial charge >= 0.3 is 0 Å². The summed E-state index contributed by atoms with van der Waals surface area (Å²) in [6.45, 7) is 0.419. The fourth-order valence-electron chi connectivity index (χ4n) is 2.95. The van der Waals surface area contributed by atoms with E-state index in [4.69, 9.17) is 21.5 Å². The summed E-state index contributed by atoms with van der Waals surface area (Å²) >= 11 is 7.92. The first kappa shape index (κ1) is 22.4. The van der Waals surface area contributed by atoms with Crippen molar-refractivity contribution in [1.82, 2.24) is 4.90 Å². The molecular weight excluding hydrogens is 456 g/mol. The predicted octanol–water partition coefficient (Wildman–Crippen LogP) is 2.30. The maximum absolute atomic E-state index is 12.8. The first-order chi connectivity index (χ1) is 13.7. The van der Waals surface area contributed by atoms with Gasteiger partial charge in [0, 0.05) is 17.5 Å². The van der Waals surface area contributed by atoms with Gasteiger partial charge in [-0.25, -0.2) is 0 Å². The van der Waals surface area contributed by atoms with Crippen LogP contribution in [0.2, 0.25) is 0 Å². The molecule has 2 aliphatic heterocycles. The monoisotopic (exact) mass is 476 g/mol. The lowest BCUT2D eigenvalue weighted by molar-refractivity contribution is -0.122. The molecule has 0 unspecified atom stereocenters. The Bertz CT molecular complexity index is 963. The summed E-state index contributed by atoms with van der Waals surface area (Å²) in [6.07, 6.45) is 0.787. The highest BCUT2D eigenvalue weighted by Crippen LogP contribution is 2.51. The molecule has 2 aliphatic rings. The number of amides is 1. The lowest BCUT2D eigenvalue weighted by Crippen LogP contribution is -2.31. The maximum Gasteiger partial charge on any atom is 0.268 e. The lowest BCUT2D eigenvalue weighted by Gasteiger charge is -2.21. The number of methoxy groups -OCH3 is 1. The van der Waals surface area contributed by atoms with E-state index in [0.717, 1.165) is 15.6 Å². The molecule has 0 saturated carbocycles. The molecule has 0 atom stereocenters. The van der Waals surface area contributed by atoms with Crippen LogP contribution in [0.4, 0.5) is 5.69 Å². The number of thiocarbonyl (C=S) groups is 1. The van der Waals surface area contributed by atoms with Crippen LogP contribution in [0.5, 0.6) is 5.75 Å². The number of unbranched alkanes of at least 4 members (excludes halogenated alkanes) is 1. The molecular formula is C17H20N2O6S4. The highest BCUT2D eigenvalue weighted by atomic mass is 32.2. The van der Waals surface area contributed by atoms with Crippen LogP contribution in [0.15, 0.2) is 33.0 Å². The smallest absolute Gasteiger partial charge is 0.268 e. The maximum atomic E-state index is 12.8. The Morgan fingerprint density at radius 2 is 1.93 bits per heavy atom. The molecule has 1 fully saturated rings. The van der Waals surface area contributed by atoms with Crippen molar-refractivity contribution < 1.29 is 27.6 Å². The Kier molecular flexibility index (Phi) is 7.12. The van der Waals surface area contributed by atoms with E-state index in [1.54, 1.807) is 7.11 Å². The van der Waals surface area contributed by atoms with Crippen LogP contribution in [-0.4, -0.2) is 65.8 Å². The van der Waals surface area contributed by atoms with Crippen LogP contribution in [0, 0.1) is 0 Å². The fourth-order valence-corrected chi connectivity index (χ4v) is 6.15. The Morgan fingerprint density at radius 1 is 1.17 bits per heavy atom. The number of nitrogens with zero attached hydrogens (tertiary/aromatic N) is 2. The molecule has 1 aromatic carbocycles. The number of hydrogen-bond acceptors (Lipinski definition) is 9. The number of benzene rings is 1. The van der Waals surface area contributed by atoms with Gasteiger partial charge in [0.15, 0.2) is 0 Å². The number of aliphatic hydroxyl groups is 1. The summed E-state index contributed by atoms with van der Waals surface area (Å²) in [4.78, 5) is 17.6. The largest absolute Gasteiger partial charge is 0.497 e. The van der Waals surface area contributed by atoms with Crippen molar-refractivity contribution in [3.05, 3.63) is 28.1 Å². The Balaban J connectivity index is 1.91. The zero-order chi connectivity index (χ0) is 21.2. The first-order valence-corrected chi connectivity index (χ1v) is 12.4. The molecule has 2 N–H and O–H groups in total. The number of carbonyl (C=O) groups is 1. The number of hydrogen-bond donors (Lipinski definition) is 2. The summed E-state index contributed by atoms with van der Waals surface area (Å²) in [7, 11) is -2.44. The van der Waals surface area contributed by atoms with Gasteiger partial charge in [-0.1, -0.05) is 35.7 Å². The summed E-state index contributed by atoms with van der Waals surface area (Å²) in [5.41, 5.74) is 0.864. The van der Waals surface area contributed by atoms with Gasteiger partial charge in [-0.2, -0.15) is 8.42 Å². The van der Waals surface area contributed by atoms with E-state index in [-0.39, 0.29) is 31.2 Å². The molecule has 3 rings (SSSR count). The van der Waals surface area contributed by atoms with Crippen molar-refractivity contribution in [1.29, 1.82) is 0 Å². The molecule has 0 aromatic heterocycles. The predicted molar refractivity (Wildman–Crippen MR) is 118 cm³/mol. The van der Waals surface area contributed by atoms with E-state index in [2.05, 4.69) is 0 Å². The molecule has 1 saturated heterocycles. The van der Waals surface area contributed by atoms with Crippen LogP contribution in [0.25, 0.3) is 0 Å². The number of thioether (sulfide) groups is 2. The molecule has 158 valence electrons. The summed E-state index contributed by atoms with van der Waals surface area (Å²) in [5.74, 6) is 0.105. The van der Waals surface area contributed by atoms with Gasteiger partial charge in [0.2, 0.25) is 0 Å². The van der Waals surface area contributed by atoms with Gasteiger partial charge in [0.05, 0.1) is 31.7 Å². The SMILES string of the molecule is COc1ccc2c(c1)N(CCCCS(=O)(=O)O)/C(=C1\SC(=S)N(CCO)C1=O)S2. The number of anilines is 1. The molecule has 1 aromatic rings. The average molecular weight is 477 g/mol.